The van der Waals surface area contributed by atoms with E-state index in [9.17, 15) is 4.79 Å². The summed E-state index contributed by atoms with van der Waals surface area (Å²) in [5.74, 6) is 1.08. The Hall–Kier alpha value is -2.04. The summed E-state index contributed by atoms with van der Waals surface area (Å²) >= 11 is 0. The van der Waals surface area contributed by atoms with E-state index in [-0.39, 0.29) is 6.03 Å². The molecule has 0 radical (unpaired) electrons. The molecule has 3 rings (SSSR count). The fourth-order valence-electron chi connectivity index (χ4n) is 2.59. The first-order chi connectivity index (χ1) is 9.29. The standard InChI is InChI=1S/C14H18N4O/c1-2-13-16-11-5-3-4-6-12(11)18(13)10-9-17-8-7-15-14(17)19/h3-6H,2,7-10H2,1H3,(H,15,19). The molecule has 0 atom stereocenters. The lowest BCUT2D eigenvalue weighted by atomic mass is 10.3. The van der Waals surface area contributed by atoms with Crippen LogP contribution in [0.4, 0.5) is 4.79 Å². The van der Waals surface area contributed by atoms with Crippen molar-refractivity contribution < 1.29 is 4.79 Å². The number of carbonyl (C=O) groups is 1. The third-order valence-corrected chi connectivity index (χ3v) is 3.59. The molecule has 1 N–H and O–H groups in total. The zero-order valence-corrected chi connectivity index (χ0v) is 11.1. The van der Waals surface area contributed by atoms with Gasteiger partial charge in [0.05, 0.1) is 11.0 Å². The summed E-state index contributed by atoms with van der Waals surface area (Å²) in [4.78, 5) is 18.0. The molecule has 5 nitrogen and oxygen atoms in total. The minimum absolute atomic E-state index is 0.0440. The van der Waals surface area contributed by atoms with Crippen molar-refractivity contribution in [1.29, 1.82) is 0 Å². The number of aromatic nitrogens is 2. The Morgan fingerprint density at radius 3 is 2.89 bits per heavy atom. The number of benzene rings is 1. The number of amides is 2. The molecule has 2 amide bonds. The topological polar surface area (TPSA) is 50.2 Å². The van der Waals surface area contributed by atoms with Crippen LogP contribution in [0, 0.1) is 0 Å². The summed E-state index contributed by atoms with van der Waals surface area (Å²) < 4.78 is 2.22. The molecule has 1 aromatic heterocycles. The van der Waals surface area contributed by atoms with Gasteiger partial charge in [-0.25, -0.2) is 9.78 Å². The lowest BCUT2D eigenvalue weighted by Gasteiger charge is -2.15. The van der Waals surface area contributed by atoms with Gasteiger partial charge >= 0.3 is 6.03 Å². The maximum Gasteiger partial charge on any atom is 0.317 e. The molecule has 0 saturated carbocycles. The van der Waals surface area contributed by atoms with Crippen LogP contribution >= 0.6 is 0 Å². The Bertz CT molecular complexity index is 605. The van der Waals surface area contributed by atoms with Gasteiger partial charge in [-0.15, -0.1) is 0 Å². The minimum atomic E-state index is 0.0440. The Labute approximate surface area is 112 Å². The molecule has 1 aromatic carbocycles. The zero-order valence-electron chi connectivity index (χ0n) is 11.1. The molecule has 1 fully saturated rings. The van der Waals surface area contributed by atoms with E-state index in [1.807, 2.05) is 23.1 Å². The number of hydrogen-bond donors (Lipinski definition) is 1. The summed E-state index contributed by atoms with van der Waals surface area (Å²) in [7, 11) is 0. The largest absolute Gasteiger partial charge is 0.336 e. The van der Waals surface area contributed by atoms with Gasteiger partial charge in [0.1, 0.15) is 5.82 Å². The molecule has 0 bridgehead atoms. The number of aryl methyl sites for hydroxylation is 1. The first-order valence-corrected chi connectivity index (χ1v) is 6.76. The lowest BCUT2D eigenvalue weighted by molar-refractivity contribution is 0.215. The van der Waals surface area contributed by atoms with Crippen LogP contribution in [0.15, 0.2) is 24.3 Å². The highest BCUT2D eigenvalue weighted by atomic mass is 16.2. The minimum Gasteiger partial charge on any atom is -0.336 e. The Balaban J connectivity index is 1.85. The second kappa shape index (κ2) is 4.91. The van der Waals surface area contributed by atoms with E-state index < -0.39 is 0 Å². The zero-order chi connectivity index (χ0) is 13.2. The van der Waals surface area contributed by atoms with Crippen LogP contribution in [0.25, 0.3) is 11.0 Å². The molecular formula is C14H18N4O. The highest BCUT2D eigenvalue weighted by molar-refractivity contribution is 5.77. The van der Waals surface area contributed by atoms with Crippen molar-refractivity contribution in [3.63, 3.8) is 0 Å². The van der Waals surface area contributed by atoms with Gasteiger partial charge in [-0.2, -0.15) is 0 Å². The maximum atomic E-state index is 11.5. The molecule has 1 saturated heterocycles. The van der Waals surface area contributed by atoms with Crippen LogP contribution in [-0.2, 0) is 13.0 Å². The van der Waals surface area contributed by atoms with Crippen molar-refractivity contribution in [3.05, 3.63) is 30.1 Å². The first kappa shape index (κ1) is 12.0. The summed E-state index contributed by atoms with van der Waals surface area (Å²) in [5, 5.41) is 2.83. The molecular weight excluding hydrogens is 240 g/mol. The van der Waals surface area contributed by atoms with Crippen molar-refractivity contribution in [2.75, 3.05) is 19.6 Å². The molecule has 5 heteroatoms. The van der Waals surface area contributed by atoms with Gasteiger partial charge in [0.15, 0.2) is 0 Å². The third kappa shape index (κ3) is 2.16. The van der Waals surface area contributed by atoms with Gasteiger partial charge in [-0.05, 0) is 12.1 Å². The molecule has 100 valence electrons. The number of fused-ring (bicyclic) bond motifs is 1. The monoisotopic (exact) mass is 258 g/mol. The highest BCUT2D eigenvalue weighted by Gasteiger charge is 2.19. The average Bonchev–Trinajstić information content (AvgIpc) is 2.99. The Kier molecular flexibility index (Phi) is 3.11. The van der Waals surface area contributed by atoms with Crippen molar-refractivity contribution in [3.8, 4) is 0 Å². The molecule has 2 heterocycles. The van der Waals surface area contributed by atoms with Crippen molar-refractivity contribution in [1.82, 2.24) is 19.8 Å². The second-order valence-electron chi connectivity index (χ2n) is 4.74. The Morgan fingerprint density at radius 2 is 2.16 bits per heavy atom. The number of nitrogens with zero attached hydrogens (tertiary/aromatic N) is 3. The number of carbonyl (C=O) groups excluding carboxylic acids is 1. The number of hydrogen-bond acceptors (Lipinski definition) is 2. The summed E-state index contributed by atoms with van der Waals surface area (Å²) in [6.45, 7) is 5.20. The molecule has 19 heavy (non-hydrogen) atoms. The van der Waals surface area contributed by atoms with Crippen molar-refractivity contribution in [2.24, 2.45) is 0 Å². The molecule has 0 aliphatic carbocycles. The van der Waals surface area contributed by atoms with Gasteiger partial charge in [0.2, 0.25) is 0 Å². The fourth-order valence-corrected chi connectivity index (χ4v) is 2.59. The van der Waals surface area contributed by atoms with Crippen LogP contribution in [0.5, 0.6) is 0 Å². The SMILES string of the molecule is CCc1nc2ccccc2n1CCN1CCNC1=O. The molecule has 0 spiro atoms. The van der Waals surface area contributed by atoms with Crippen LogP contribution in [0.2, 0.25) is 0 Å². The van der Waals surface area contributed by atoms with Crippen molar-refractivity contribution >= 4 is 17.1 Å². The number of imidazole rings is 1. The van der Waals surface area contributed by atoms with Crippen molar-refractivity contribution in [2.45, 2.75) is 19.9 Å². The van der Waals surface area contributed by atoms with E-state index in [0.29, 0.717) is 0 Å². The third-order valence-electron chi connectivity index (χ3n) is 3.59. The van der Waals surface area contributed by atoms with Crippen LogP contribution in [0.3, 0.4) is 0 Å². The van der Waals surface area contributed by atoms with Gasteiger partial charge < -0.3 is 14.8 Å². The van der Waals surface area contributed by atoms with Gasteiger partial charge in [-0.1, -0.05) is 19.1 Å². The molecule has 1 aliphatic heterocycles. The first-order valence-electron chi connectivity index (χ1n) is 6.76. The number of rotatable bonds is 4. The highest BCUT2D eigenvalue weighted by Crippen LogP contribution is 2.16. The van der Waals surface area contributed by atoms with Gasteiger partial charge in [0.25, 0.3) is 0 Å². The maximum absolute atomic E-state index is 11.5. The fraction of sp³-hybridized carbons (Fsp3) is 0.429. The lowest BCUT2D eigenvalue weighted by Crippen LogP contribution is -2.31. The van der Waals surface area contributed by atoms with Gasteiger partial charge in [0, 0.05) is 32.6 Å². The number of urea groups is 1. The van der Waals surface area contributed by atoms with E-state index >= 15 is 0 Å². The molecule has 1 aliphatic rings. The summed E-state index contributed by atoms with van der Waals surface area (Å²) in [6, 6.07) is 8.21. The van der Waals surface area contributed by atoms with E-state index in [2.05, 4.69) is 27.9 Å². The van der Waals surface area contributed by atoms with Crippen LogP contribution < -0.4 is 5.32 Å². The van der Waals surface area contributed by atoms with Crippen LogP contribution in [-0.4, -0.2) is 40.1 Å². The predicted molar refractivity (Wildman–Crippen MR) is 74.1 cm³/mol. The smallest absolute Gasteiger partial charge is 0.317 e. The van der Waals surface area contributed by atoms with Gasteiger partial charge in [-0.3, -0.25) is 0 Å². The predicted octanol–water partition coefficient (Wildman–Crippen LogP) is 1.62. The summed E-state index contributed by atoms with van der Waals surface area (Å²) in [5.41, 5.74) is 2.18. The quantitative estimate of drug-likeness (QED) is 0.906. The second-order valence-corrected chi connectivity index (χ2v) is 4.74. The van der Waals surface area contributed by atoms with Crippen LogP contribution in [0.1, 0.15) is 12.7 Å². The summed E-state index contributed by atoms with van der Waals surface area (Å²) in [6.07, 6.45) is 0.904. The van der Waals surface area contributed by atoms with E-state index in [0.717, 1.165) is 49.5 Å². The van der Waals surface area contributed by atoms with E-state index in [1.54, 1.807) is 0 Å². The van der Waals surface area contributed by atoms with E-state index in [4.69, 9.17) is 0 Å². The Morgan fingerprint density at radius 1 is 1.32 bits per heavy atom. The average molecular weight is 258 g/mol. The molecule has 0 unspecified atom stereocenters. The van der Waals surface area contributed by atoms with E-state index in [1.165, 1.54) is 0 Å². The molecule has 2 aromatic rings. The normalized spacial score (nSPS) is 15.2. The number of nitrogens with one attached hydrogen (secondary N) is 1. The number of para-hydroxylation sites is 2.